The van der Waals surface area contributed by atoms with Crippen molar-refractivity contribution in [3.05, 3.63) is 29.8 Å². The van der Waals surface area contributed by atoms with Crippen LogP contribution >= 0.6 is 0 Å². The molecular weight excluding hydrogens is 625 g/mol. The van der Waals surface area contributed by atoms with Crippen molar-refractivity contribution in [1.29, 1.82) is 0 Å². The van der Waals surface area contributed by atoms with Gasteiger partial charge in [0.1, 0.15) is 11.9 Å². The molecule has 1 aromatic carbocycles. The van der Waals surface area contributed by atoms with Crippen molar-refractivity contribution >= 4 is 8.32 Å². The number of hydrogen-bond donors (Lipinski definition) is 2. The van der Waals surface area contributed by atoms with Crippen LogP contribution in [0.1, 0.15) is 93.1 Å². The summed E-state index contributed by atoms with van der Waals surface area (Å²) in [5, 5.41) is 24.2. The molecule has 1 unspecified atom stereocenters. The number of rotatable bonds is 19. The zero-order valence-electron chi connectivity index (χ0n) is 32.3. The van der Waals surface area contributed by atoms with Gasteiger partial charge in [0.25, 0.3) is 0 Å². The fourth-order valence-electron chi connectivity index (χ4n) is 6.49. The fraction of sp³-hybridized carbons (Fsp3) is 0.795. The lowest BCUT2D eigenvalue weighted by molar-refractivity contribution is -0.352. The Bertz CT molecular complexity index is 1130. The zero-order chi connectivity index (χ0) is 36.3. The number of aliphatic hydroxyl groups is 2. The maximum Gasteiger partial charge on any atom is 0.195 e. The van der Waals surface area contributed by atoms with Crippen molar-refractivity contribution in [2.75, 3.05) is 27.9 Å². The van der Waals surface area contributed by atoms with Gasteiger partial charge in [-0.3, -0.25) is 0 Å². The minimum atomic E-state index is -2.11. The third-order valence-electron chi connectivity index (χ3n) is 11.2. The van der Waals surface area contributed by atoms with Crippen molar-refractivity contribution in [1.82, 2.24) is 0 Å². The third-order valence-corrected chi connectivity index (χ3v) is 15.7. The summed E-state index contributed by atoms with van der Waals surface area (Å²) in [5.41, 5.74) is 1.03. The summed E-state index contributed by atoms with van der Waals surface area (Å²) in [6.45, 7) is 22.1. The molecule has 1 aliphatic heterocycles. The molecule has 2 N–H and O–H groups in total. The van der Waals surface area contributed by atoms with Crippen molar-refractivity contribution in [3.63, 3.8) is 0 Å². The molecule has 48 heavy (non-hydrogen) atoms. The first-order valence-electron chi connectivity index (χ1n) is 17.9. The van der Waals surface area contributed by atoms with Crippen LogP contribution < -0.4 is 4.74 Å². The SMILES string of the molecule is CC#CCCC[C@H](O[Si](C)(C)C(C)(C)C)[C@@H](C[C@H](C)C(O)[C@]1(O)O[C@H](C[C@H](COC)OCc2ccc(OC)cc2)[C@H](C)[C@H](C)[C@H]1C)OC. The molecule has 0 radical (unpaired) electrons. The molecule has 9 heteroatoms. The van der Waals surface area contributed by atoms with Crippen molar-refractivity contribution in [2.24, 2.45) is 23.7 Å². The predicted octanol–water partition coefficient (Wildman–Crippen LogP) is 7.60. The predicted molar refractivity (Wildman–Crippen MR) is 195 cm³/mol. The van der Waals surface area contributed by atoms with Crippen LogP contribution in [0.2, 0.25) is 18.1 Å². The molecule has 10 atom stereocenters. The molecule has 0 aliphatic carbocycles. The van der Waals surface area contributed by atoms with Gasteiger partial charge in [-0.2, -0.15) is 0 Å². The van der Waals surface area contributed by atoms with Crippen LogP contribution in [0.25, 0.3) is 0 Å². The van der Waals surface area contributed by atoms with Gasteiger partial charge in [0.2, 0.25) is 0 Å². The summed E-state index contributed by atoms with van der Waals surface area (Å²) in [7, 11) is 2.91. The highest BCUT2D eigenvalue weighted by molar-refractivity contribution is 6.74. The molecule has 1 aliphatic rings. The molecule has 1 heterocycles. The second-order valence-corrected chi connectivity index (χ2v) is 20.3. The van der Waals surface area contributed by atoms with Crippen LogP contribution in [0, 0.1) is 35.5 Å². The summed E-state index contributed by atoms with van der Waals surface area (Å²) < 4.78 is 36.7. The van der Waals surface area contributed by atoms with Crippen molar-refractivity contribution in [3.8, 4) is 17.6 Å². The van der Waals surface area contributed by atoms with E-state index in [9.17, 15) is 10.2 Å². The zero-order valence-corrected chi connectivity index (χ0v) is 33.3. The van der Waals surface area contributed by atoms with E-state index in [0.717, 1.165) is 30.6 Å². The third kappa shape index (κ3) is 11.5. The van der Waals surface area contributed by atoms with Crippen LogP contribution in [0.4, 0.5) is 0 Å². The molecule has 1 saturated heterocycles. The highest BCUT2D eigenvalue weighted by atomic mass is 28.4. The Kier molecular flexibility index (Phi) is 17.1. The molecule has 1 fully saturated rings. The summed E-state index contributed by atoms with van der Waals surface area (Å²) in [5.74, 6) is 4.81. The summed E-state index contributed by atoms with van der Waals surface area (Å²) in [6.07, 6.45) is 1.42. The average molecular weight is 693 g/mol. The van der Waals surface area contributed by atoms with Crippen molar-refractivity contribution in [2.45, 2.75) is 149 Å². The minimum absolute atomic E-state index is 0.0410. The Morgan fingerprint density at radius 3 is 2.21 bits per heavy atom. The number of benzene rings is 1. The van der Waals surface area contributed by atoms with Gasteiger partial charge < -0.3 is 38.3 Å². The number of hydrogen-bond acceptors (Lipinski definition) is 8. The lowest BCUT2D eigenvalue weighted by atomic mass is 9.70. The van der Waals surface area contributed by atoms with E-state index in [-0.39, 0.29) is 53.1 Å². The topological polar surface area (TPSA) is 95.8 Å². The largest absolute Gasteiger partial charge is 0.497 e. The molecule has 0 aromatic heterocycles. The average Bonchev–Trinajstić information content (AvgIpc) is 3.04. The van der Waals surface area contributed by atoms with E-state index in [0.29, 0.717) is 26.1 Å². The summed E-state index contributed by atoms with van der Waals surface area (Å²) in [6, 6.07) is 7.80. The molecule has 2 rings (SSSR count). The Morgan fingerprint density at radius 1 is 1.02 bits per heavy atom. The van der Waals surface area contributed by atoms with E-state index in [4.69, 9.17) is 28.1 Å². The van der Waals surface area contributed by atoms with Crippen LogP contribution in [0.15, 0.2) is 24.3 Å². The maximum absolute atomic E-state index is 12.2. The van der Waals surface area contributed by atoms with E-state index in [1.807, 2.05) is 45.0 Å². The second-order valence-electron chi connectivity index (χ2n) is 15.6. The van der Waals surface area contributed by atoms with Gasteiger partial charge in [-0.25, -0.2) is 0 Å². The maximum atomic E-state index is 12.2. The molecule has 1 aromatic rings. The number of methoxy groups -OCH3 is 3. The van der Waals surface area contributed by atoms with E-state index in [1.54, 1.807) is 21.3 Å². The van der Waals surface area contributed by atoms with Crippen LogP contribution in [0.5, 0.6) is 5.75 Å². The molecule has 0 amide bonds. The van der Waals surface area contributed by atoms with Crippen LogP contribution in [-0.2, 0) is 30.0 Å². The highest BCUT2D eigenvalue weighted by Gasteiger charge is 2.54. The fourth-order valence-corrected chi connectivity index (χ4v) is 7.87. The van der Waals surface area contributed by atoms with E-state index >= 15 is 0 Å². The van der Waals surface area contributed by atoms with E-state index in [1.165, 1.54) is 0 Å². The van der Waals surface area contributed by atoms with Crippen LogP contribution in [-0.4, -0.2) is 82.8 Å². The van der Waals surface area contributed by atoms with E-state index in [2.05, 4.69) is 59.6 Å². The minimum Gasteiger partial charge on any atom is -0.497 e. The molecule has 0 spiro atoms. The smallest absolute Gasteiger partial charge is 0.195 e. The highest BCUT2D eigenvalue weighted by Crippen LogP contribution is 2.45. The number of unbranched alkanes of at least 4 members (excludes halogenated alkanes) is 1. The van der Waals surface area contributed by atoms with Gasteiger partial charge in [0.05, 0.1) is 44.7 Å². The second kappa shape index (κ2) is 19.2. The Balaban J connectivity index is 2.23. The molecule has 8 nitrogen and oxygen atoms in total. The van der Waals surface area contributed by atoms with Gasteiger partial charge in [0, 0.05) is 33.0 Å². The monoisotopic (exact) mass is 692 g/mol. The lowest BCUT2D eigenvalue weighted by Gasteiger charge is -2.52. The van der Waals surface area contributed by atoms with Crippen molar-refractivity contribution < 1.29 is 38.3 Å². The van der Waals surface area contributed by atoms with Gasteiger partial charge in [-0.1, -0.05) is 60.6 Å². The number of ether oxygens (including phenoxy) is 5. The normalized spacial score (nSPS) is 26.6. The van der Waals surface area contributed by atoms with Gasteiger partial charge in [-0.15, -0.1) is 11.8 Å². The summed E-state index contributed by atoms with van der Waals surface area (Å²) in [4.78, 5) is 0. The Hall–Kier alpha value is -1.48. The first-order valence-corrected chi connectivity index (χ1v) is 20.8. The summed E-state index contributed by atoms with van der Waals surface area (Å²) >= 11 is 0. The molecule has 0 bridgehead atoms. The molecule has 276 valence electrons. The lowest BCUT2D eigenvalue weighted by Crippen LogP contribution is -2.62. The molecular formula is C39H68O8Si. The Labute approximate surface area is 293 Å². The number of aliphatic hydroxyl groups excluding tert-OH is 1. The van der Waals surface area contributed by atoms with Gasteiger partial charge >= 0.3 is 0 Å². The van der Waals surface area contributed by atoms with Crippen LogP contribution in [0.3, 0.4) is 0 Å². The Morgan fingerprint density at radius 2 is 1.67 bits per heavy atom. The first kappa shape index (κ1) is 42.7. The standard InChI is InChI=1S/C39H68O8Si/c1-14-15-16-17-18-34(47-48(12,13)38(6,7)8)36(44-11)23-27(2)37(40)39(41)30(5)28(3)29(4)35(46-39)24-33(26-42-9)45-25-31-19-21-32(43-10)22-20-31/h19-22,27-30,33-37,40-41H,16-18,23-26H2,1-13H3/t27-,28-,29+,30+,33+,34-,35+,36+,37?,39+/m0/s1. The van der Waals surface area contributed by atoms with Gasteiger partial charge in [-0.05, 0) is 79.8 Å². The quantitative estimate of drug-likeness (QED) is 0.0870. The van der Waals surface area contributed by atoms with E-state index < -0.39 is 20.2 Å². The molecule has 0 saturated carbocycles. The first-order chi connectivity index (χ1) is 22.4. The van der Waals surface area contributed by atoms with Gasteiger partial charge in [0.15, 0.2) is 14.1 Å².